The summed E-state index contributed by atoms with van der Waals surface area (Å²) in [5.74, 6) is -0.939. The standard InChI is InChI=1S/C23H24N2O5/c1-4-14(3)16-7-9-17(10-8-16)25-22(28)18(21(27)24-23(25)29)12-15-6-11-19(26)20(13-15)30-5-2/h6-14,26H,4-5H2,1-3H3,(H,24,27,29)/b18-12-. The van der Waals surface area contributed by atoms with E-state index in [9.17, 15) is 19.5 Å². The third-order valence-electron chi connectivity index (χ3n) is 5.03. The second-order valence-corrected chi connectivity index (χ2v) is 7.02. The van der Waals surface area contributed by atoms with E-state index in [2.05, 4.69) is 19.2 Å². The molecule has 2 aromatic carbocycles. The van der Waals surface area contributed by atoms with Gasteiger partial charge in [-0.2, -0.15) is 0 Å². The molecule has 30 heavy (non-hydrogen) atoms. The number of nitrogens with zero attached hydrogens (tertiary/aromatic N) is 1. The van der Waals surface area contributed by atoms with Crippen molar-refractivity contribution < 1.29 is 24.2 Å². The summed E-state index contributed by atoms with van der Waals surface area (Å²) in [4.78, 5) is 38.6. The number of hydrogen-bond acceptors (Lipinski definition) is 5. The average molecular weight is 408 g/mol. The molecule has 0 spiro atoms. The normalized spacial score (nSPS) is 16.6. The van der Waals surface area contributed by atoms with Crippen LogP contribution >= 0.6 is 0 Å². The number of phenols is 1. The van der Waals surface area contributed by atoms with Crippen molar-refractivity contribution in [3.63, 3.8) is 0 Å². The fourth-order valence-corrected chi connectivity index (χ4v) is 3.14. The Hall–Kier alpha value is -3.61. The van der Waals surface area contributed by atoms with Gasteiger partial charge in [-0.25, -0.2) is 9.69 Å². The van der Waals surface area contributed by atoms with Crippen LogP contribution in [-0.2, 0) is 9.59 Å². The van der Waals surface area contributed by atoms with Gasteiger partial charge in [0.1, 0.15) is 5.57 Å². The van der Waals surface area contributed by atoms with Crippen LogP contribution in [0, 0.1) is 0 Å². The topological polar surface area (TPSA) is 95.9 Å². The van der Waals surface area contributed by atoms with E-state index in [-0.39, 0.29) is 17.1 Å². The molecule has 1 saturated heterocycles. The van der Waals surface area contributed by atoms with Gasteiger partial charge in [-0.3, -0.25) is 14.9 Å². The number of amides is 4. The van der Waals surface area contributed by atoms with Crippen LogP contribution in [0.15, 0.2) is 48.0 Å². The van der Waals surface area contributed by atoms with Gasteiger partial charge in [-0.1, -0.05) is 32.0 Å². The van der Waals surface area contributed by atoms with Gasteiger partial charge in [0.25, 0.3) is 11.8 Å². The molecule has 1 unspecified atom stereocenters. The van der Waals surface area contributed by atoms with Crippen molar-refractivity contribution in [2.75, 3.05) is 11.5 Å². The van der Waals surface area contributed by atoms with E-state index in [4.69, 9.17) is 4.74 Å². The van der Waals surface area contributed by atoms with Crippen molar-refractivity contribution in [1.82, 2.24) is 5.32 Å². The number of rotatable bonds is 6. The minimum atomic E-state index is -0.792. The monoisotopic (exact) mass is 408 g/mol. The number of hydrogen-bond donors (Lipinski definition) is 2. The van der Waals surface area contributed by atoms with Crippen LogP contribution in [0.5, 0.6) is 11.5 Å². The number of carbonyl (C=O) groups excluding carboxylic acids is 3. The Kier molecular flexibility index (Phi) is 6.20. The predicted octanol–water partition coefficient (Wildman–Crippen LogP) is 3.97. The summed E-state index contributed by atoms with van der Waals surface area (Å²) in [6.45, 7) is 6.31. The van der Waals surface area contributed by atoms with Gasteiger partial charge >= 0.3 is 6.03 Å². The molecule has 0 saturated carbocycles. The molecule has 3 rings (SSSR count). The smallest absolute Gasteiger partial charge is 0.335 e. The van der Waals surface area contributed by atoms with Crippen LogP contribution in [-0.4, -0.2) is 29.6 Å². The summed E-state index contributed by atoms with van der Waals surface area (Å²) in [6.07, 6.45) is 2.34. The van der Waals surface area contributed by atoms with E-state index in [1.54, 1.807) is 25.1 Å². The summed E-state index contributed by atoms with van der Waals surface area (Å²) in [7, 11) is 0. The molecule has 7 heteroatoms. The maximum absolute atomic E-state index is 13.0. The second kappa shape index (κ2) is 8.82. The molecule has 0 aliphatic carbocycles. The van der Waals surface area contributed by atoms with Crippen LogP contribution < -0.4 is 15.0 Å². The predicted molar refractivity (Wildman–Crippen MR) is 113 cm³/mol. The van der Waals surface area contributed by atoms with Crippen LogP contribution in [0.1, 0.15) is 44.2 Å². The molecule has 0 bridgehead atoms. The number of phenolic OH excluding ortho intramolecular Hbond substituents is 1. The number of ether oxygens (including phenoxy) is 1. The molecule has 0 aromatic heterocycles. The molecule has 2 aromatic rings. The average Bonchev–Trinajstić information content (AvgIpc) is 2.73. The van der Waals surface area contributed by atoms with Gasteiger partial charge in [-0.15, -0.1) is 0 Å². The summed E-state index contributed by atoms with van der Waals surface area (Å²) in [5, 5.41) is 12.0. The Morgan fingerprint density at radius 1 is 1.10 bits per heavy atom. The molecule has 1 aliphatic rings. The van der Waals surface area contributed by atoms with Crippen LogP contribution in [0.4, 0.5) is 10.5 Å². The number of imide groups is 2. The Morgan fingerprint density at radius 3 is 2.43 bits per heavy atom. The lowest BCUT2D eigenvalue weighted by molar-refractivity contribution is -0.122. The minimum absolute atomic E-state index is 0.0448. The van der Waals surface area contributed by atoms with E-state index < -0.39 is 17.8 Å². The van der Waals surface area contributed by atoms with Gasteiger partial charge < -0.3 is 9.84 Å². The fraction of sp³-hybridized carbons (Fsp3) is 0.261. The first-order valence-corrected chi connectivity index (χ1v) is 9.82. The molecule has 7 nitrogen and oxygen atoms in total. The van der Waals surface area contributed by atoms with Crippen molar-refractivity contribution >= 4 is 29.6 Å². The molecule has 156 valence electrons. The molecule has 4 amide bonds. The SMILES string of the molecule is CCOc1cc(/C=C2/C(=O)NC(=O)N(c3ccc(C(C)CC)cc3)C2=O)ccc1O. The minimum Gasteiger partial charge on any atom is -0.504 e. The summed E-state index contributed by atoms with van der Waals surface area (Å²) < 4.78 is 5.34. The number of nitrogens with one attached hydrogen (secondary N) is 1. The van der Waals surface area contributed by atoms with Gasteiger partial charge in [0.15, 0.2) is 11.5 Å². The van der Waals surface area contributed by atoms with Gasteiger partial charge in [-0.05, 0) is 60.7 Å². The molecule has 2 N–H and O–H groups in total. The maximum Gasteiger partial charge on any atom is 0.335 e. The number of aromatic hydroxyl groups is 1. The van der Waals surface area contributed by atoms with E-state index in [1.807, 2.05) is 12.1 Å². The number of urea groups is 1. The van der Waals surface area contributed by atoms with Gasteiger partial charge in [0, 0.05) is 0 Å². The van der Waals surface area contributed by atoms with E-state index in [0.717, 1.165) is 16.9 Å². The Bertz CT molecular complexity index is 1010. The zero-order valence-electron chi connectivity index (χ0n) is 17.1. The van der Waals surface area contributed by atoms with Crippen molar-refractivity contribution in [2.24, 2.45) is 0 Å². The Labute approximate surface area is 175 Å². The molecule has 0 radical (unpaired) electrons. The highest BCUT2D eigenvalue weighted by molar-refractivity contribution is 6.39. The number of benzene rings is 2. The highest BCUT2D eigenvalue weighted by atomic mass is 16.5. The second-order valence-electron chi connectivity index (χ2n) is 7.02. The molecule has 1 fully saturated rings. The van der Waals surface area contributed by atoms with Crippen molar-refractivity contribution in [3.8, 4) is 11.5 Å². The summed E-state index contributed by atoms with van der Waals surface area (Å²) in [6, 6.07) is 10.8. The first-order valence-electron chi connectivity index (χ1n) is 9.82. The quantitative estimate of drug-likeness (QED) is 0.557. The van der Waals surface area contributed by atoms with E-state index >= 15 is 0 Å². The third kappa shape index (κ3) is 4.20. The van der Waals surface area contributed by atoms with E-state index in [0.29, 0.717) is 23.8 Å². The van der Waals surface area contributed by atoms with Crippen molar-refractivity contribution in [1.29, 1.82) is 0 Å². The van der Waals surface area contributed by atoms with Crippen molar-refractivity contribution in [2.45, 2.75) is 33.1 Å². The molecule has 1 atom stereocenters. The maximum atomic E-state index is 13.0. The lowest BCUT2D eigenvalue weighted by Gasteiger charge is -2.26. The van der Waals surface area contributed by atoms with E-state index in [1.165, 1.54) is 18.2 Å². The Morgan fingerprint density at radius 2 is 1.80 bits per heavy atom. The number of barbiturate groups is 1. The van der Waals surface area contributed by atoms with Crippen LogP contribution in [0.2, 0.25) is 0 Å². The third-order valence-corrected chi connectivity index (χ3v) is 5.03. The number of carbonyl (C=O) groups is 3. The zero-order chi connectivity index (χ0) is 21.8. The number of anilines is 1. The lowest BCUT2D eigenvalue weighted by atomic mass is 9.98. The fourth-order valence-electron chi connectivity index (χ4n) is 3.14. The van der Waals surface area contributed by atoms with Crippen LogP contribution in [0.25, 0.3) is 6.08 Å². The Balaban J connectivity index is 1.94. The zero-order valence-corrected chi connectivity index (χ0v) is 17.1. The highest BCUT2D eigenvalue weighted by Crippen LogP contribution is 2.29. The van der Waals surface area contributed by atoms with Crippen molar-refractivity contribution in [3.05, 3.63) is 59.2 Å². The molecular formula is C23H24N2O5. The first kappa shape index (κ1) is 21.1. The lowest BCUT2D eigenvalue weighted by Crippen LogP contribution is -2.54. The largest absolute Gasteiger partial charge is 0.504 e. The van der Waals surface area contributed by atoms with Gasteiger partial charge in [0.05, 0.1) is 12.3 Å². The van der Waals surface area contributed by atoms with Crippen LogP contribution in [0.3, 0.4) is 0 Å². The molecular weight excluding hydrogens is 384 g/mol. The molecule has 1 aliphatic heterocycles. The first-order chi connectivity index (χ1) is 14.3. The summed E-state index contributed by atoms with van der Waals surface area (Å²) >= 11 is 0. The summed E-state index contributed by atoms with van der Waals surface area (Å²) in [5.41, 5.74) is 1.78. The van der Waals surface area contributed by atoms with Gasteiger partial charge in [0.2, 0.25) is 0 Å². The highest BCUT2D eigenvalue weighted by Gasteiger charge is 2.36. The molecule has 1 heterocycles.